The summed E-state index contributed by atoms with van der Waals surface area (Å²) in [6.07, 6.45) is 16.7. The maximum Gasteiger partial charge on any atom is 0.305 e. The number of carbonyl (C=O) groups excluding carboxylic acids is 7. The molecule has 2 aromatic carbocycles. The minimum atomic E-state index is -5.24. The van der Waals surface area contributed by atoms with E-state index in [1.54, 1.807) is 38.1 Å². The molecule has 0 saturated carbocycles. The number of nitrogens with one attached hydrogen (secondary N) is 5. The lowest BCUT2D eigenvalue weighted by molar-refractivity contribution is -0.438. The van der Waals surface area contributed by atoms with Crippen molar-refractivity contribution in [2.24, 2.45) is 0 Å². The Morgan fingerprint density at radius 3 is 1.56 bits per heavy atom. The second kappa shape index (κ2) is 38.5. The van der Waals surface area contributed by atoms with Crippen molar-refractivity contribution in [1.82, 2.24) is 26.6 Å². The number of esters is 2. The van der Waals surface area contributed by atoms with Crippen LogP contribution in [0, 0.1) is 0 Å². The molecule has 5 amide bonds. The number of anilines is 1. The molecule has 10 N–H and O–H groups in total. The zero-order valence-electron chi connectivity index (χ0n) is 57.2. The van der Waals surface area contributed by atoms with E-state index in [9.17, 15) is 98.4 Å². The van der Waals surface area contributed by atoms with Gasteiger partial charge in [-0.15, -0.1) is 0 Å². The molecule has 0 fully saturated rings. The second-order valence-electron chi connectivity index (χ2n) is 25.5. The number of hydrogen-bond acceptors (Lipinski definition) is 20. The van der Waals surface area contributed by atoms with Crippen molar-refractivity contribution in [2.45, 2.75) is 201 Å². The summed E-state index contributed by atoms with van der Waals surface area (Å²) >= 11 is 0. The van der Waals surface area contributed by atoms with Gasteiger partial charge >= 0.3 is 11.9 Å². The van der Waals surface area contributed by atoms with E-state index in [0.717, 1.165) is 5.70 Å². The lowest BCUT2D eigenvalue weighted by Gasteiger charge is -2.30. The van der Waals surface area contributed by atoms with Gasteiger partial charge in [-0.25, -0.2) is 0 Å². The Hall–Kier alpha value is -7.03. The first-order valence-electron chi connectivity index (χ1n) is 33.6. The normalized spacial score (nSPS) is 22.2. The van der Waals surface area contributed by atoms with Crippen LogP contribution in [0.1, 0.15) is 174 Å². The molecular weight excluding hydrogens is 1420 g/mol. The first-order valence-corrected chi connectivity index (χ1v) is 41.3. The third-order valence-corrected chi connectivity index (χ3v) is 21.5. The number of rotatable bonds is 22. The summed E-state index contributed by atoms with van der Waals surface area (Å²) in [4.78, 5) is 93.3. The van der Waals surface area contributed by atoms with Crippen molar-refractivity contribution in [1.29, 1.82) is 0 Å². The lowest BCUT2D eigenvalue weighted by Crippen LogP contribution is -2.60. The molecule has 31 nitrogen and oxygen atoms in total. The van der Waals surface area contributed by atoms with E-state index in [-0.39, 0.29) is 99.0 Å². The van der Waals surface area contributed by atoms with Gasteiger partial charge in [-0.05, 0) is 140 Å². The molecule has 0 saturated heterocycles. The van der Waals surface area contributed by atoms with Gasteiger partial charge in [0, 0.05) is 86.2 Å². The van der Waals surface area contributed by atoms with E-state index in [2.05, 4.69) is 20.9 Å². The minimum Gasteiger partial charge on any atom is -0.466 e. The summed E-state index contributed by atoms with van der Waals surface area (Å²) in [5.74, 6) is -11.0. The minimum absolute atomic E-state index is 0.0567. The molecule has 36 heteroatoms. The maximum atomic E-state index is 13.7. The fourth-order valence-corrected chi connectivity index (χ4v) is 15.6. The van der Waals surface area contributed by atoms with E-state index in [1.165, 1.54) is 24.3 Å². The summed E-state index contributed by atoms with van der Waals surface area (Å²) < 4.78 is 186. The Balaban J connectivity index is 1.59. The number of allylic oxidation sites excluding steroid dienone is 6. The fraction of sp³-hybridized carbons (Fsp3) is 0.600. The van der Waals surface area contributed by atoms with Crippen LogP contribution in [-0.2, 0) is 104 Å². The summed E-state index contributed by atoms with van der Waals surface area (Å²) in [5, 5.41) is 11.1. The van der Waals surface area contributed by atoms with E-state index in [1.807, 2.05) is 47.3 Å². The van der Waals surface area contributed by atoms with Crippen molar-refractivity contribution in [3.8, 4) is 0 Å². The van der Waals surface area contributed by atoms with Crippen LogP contribution in [0.5, 0.6) is 0 Å². The van der Waals surface area contributed by atoms with Crippen LogP contribution in [0.25, 0.3) is 0 Å². The maximum absolute atomic E-state index is 13.7. The van der Waals surface area contributed by atoms with Gasteiger partial charge in [0.15, 0.2) is 5.71 Å². The smallest absolute Gasteiger partial charge is 0.305 e. The Morgan fingerprint density at radius 2 is 1.02 bits per heavy atom. The number of ether oxygens (including phenoxy) is 2. The molecule has 3 aliphatic heterocycles. The Labute approximate surface area is 591 Å². The van der Waals surface area contributed by atoms with Gasteiger partial charge in [-0.3, -0.25) is 56.3 Å². The third-order valence-electron chi connectivity index (χ3n) is 17.6. The topological polar surface area (TPSA) is 476 Å². The van der Waals surface area contributed by atoms with Gasteiger partial charge in [-0.2, -0.15) is 46.7 Å². The molecule has 3 aliphatic rings. The van der Waals surface area contributed by atoms with Crippen molar-refractivity contribution < 1.29 is 112 Å². The quantitative estimate of drug-likeness (QED) is 0.0321. The first kappa shape index (κ1) is 84.6. The van der Waals surface area contributed by atoms with Crippen LogP contribution < -0.4 is 31.5 Å². The Morgan fingerprint density at radius 1 is 0.535 bits per heavy atom. The van der Waals surface area contributed by atoms with Crippen molar-refractivity contribution in [3.63, 3.8) is 0 Å². The highest BCUT2D eigenvalue weighted by Gasteiger charge is 2.48. The van der Waals surface area contributed by atoms with Crippen molar-refractivity contribution in [2.75, 3.05) is 61.6 Å². The molecule has 0 spiro atoms. The molecular formula is C65H96N7O24S5+. The highest BCUT2D eigenvalue weighted by molar-refractivity contribution is 7.86. The average Bonchev–Trinajstić information content (AvgIpc) is 1.59. The Kier molecular flexibility index (Phi) is 32.2. The number of unbranched alkanes of at least 4 members (excludes halogenated alkanes) is 4. The van der Waals surface area contributed by atoms with Crippen LogP contribution in [0.3, 0.4) is 0 Å². The number of benzene rings is 2. The van der Waals surface area contributed by atoms with Crippen LogP contribution in [0.2, 0.25) is 0 Å². The highest BCUT2D eigenvalue weighted by atomic mass is 32.2. The van der Waals surface area contributed by atoms with Gasteiger partial charge in [0.1, 0.15) is 41.9 Å². The zero-order valence-corrected chi connectivity index (χ0v) is 61.3. The molecule has 101 heavy (non-hydrogen) atoms. The monoisotopic (exact) mass is 1520 g/mol. The number of amides is 5. The van der Waals surface area contributed by atoms with Crippen molar-refractivity contribution in [3.05, 3.63) is 83.6 Å². The molecule has 0 aromatic heterocycles. The molecule has 0 bridgehead atoms. The Bertz CT molecular complexity index is 4030. The van der Waals surface area contributed by atoms with E-state index in [4.69, 9.17) is 9.47 Å². The van der Waals surface area contributed by atoms with E-state index >= 15 is 0 Å². The molecule has 5 unspecified atom stereocenters. The first-order chi connectivity index (χ1) is 47.3. The van der Waals surface area contributed by atoms with Gasteiger partial charge < -0.3 is 41.0 Å². The molecule has 0 radical (unpaired) electrons. The molecule has 5 atom stereocenters. The summed E-state index contributed by atoms with van der Waals surface area (Å²) in [5.41, 5.74) is 2.02. The molecule has 2 aromatic rings. The predicted molar refractivity (Wildman–Crippen MR) is 372 cm³/mol. The van der Waals surface area contributed by atoms with Crippen LogP contribution in [0.4, 0.5) is 11.4 Å². The summed E-state index contributed by atoms with van der Waals surface area (Å²) in [6.45, 7) is 8.45. The number of nitrogens with zero attached hydrogens (tertiary/aromatic N) is 2. The molecule has 0 aliphatic carbocycles. The fourth-order valence-electron chi connectivity index (χ4n) is 12.6. The summed E-state index contributed by atoms with van der Waals surface area (Å²) in [7, 11) is -24.9. The van der Waals surface area contributed by atoms with Crippen LogP contribution >= 0.6 is 0 Å². The largest absolute Gasteiger partial charge is 0.466 e. The van der Waals surface area contributed by atoms with E-state index < -0.39 is 127 Å². The SMILES string of the molecule is CCOC(=O)CCCCCC1(C)C2=CC=CC=CC3=[N+](CCCCCC(=O)NC(CS(=O)(=O)O)C(=O)NC(CS(=O)(=O)O)C(=O)NC(CS(=O)(=O)O)C(=O)NCCCCCNC(=O)CCCCCN2c2ccc(S(=O)(=O)O)cc21)c1ccc(S(=O)(=O)O)cc1C3(C)CCCCCC(=O)OCC. The third kappa shape index (κ3) is 27.3. The molecule has 3 heterocycles. The van der Waals surface area contributed by atoms with Gasteiger partial charge in [-0.1, -0.05) is 50.3 Å². The van der Waals surface area contributed by atoms with Gasteiger partial charge in [0.25, 0.3) is 50.6 Å². The van der Waals surface area contributed by atoms with Crippen molar-refractivity contribution >= 4 is 109 Å². The van der Waals surface area contributed by atoms with Gasteiger partial charge in [0.2, 0.25) is 35.2 Å². The van der Waals surface area contributed by atoms with Crippen LogP contribution in [-0.4, -0.2) is 191 Å². The standard InChI is InChI=1S/C65H95N7O24S5/c1-5-95-59(75)29-17-8-19-35-64(3)48-41-46(100(89,90)91)31-33-53(48)71-39-23-10-15-27-57(73)66-37-21-12-22-38-67-61(77)50(43-97(80,81)82)69-63(79)52(45-99(86,87)88)70-62(78)51(44-98(83,84)85)68-58(74)28-16-11-24-40-72-54-34-32-47(101(92,93)94)42-49(54)65(4,36-20-9-18-30-60(76)96-6-2)56(72)26-14-7-13-25-55(64)71/h7,13-14,25-26,31-34,41-42,50-52H,5-6,8-12,15-24,27-30,35-40,43-45H2,1-4H3,(H9-,66,67,68,69,70,73,74,77,78,79,80,81,82,83,84,85,86,87,88,89,90,91,92,93,94)/p+1. The second-order valence-corrected chi connectivity index (χ2v) is 32.8. The van der Waals surface area contributed by atoms with Crippen LogP contribution in [0.15, 0.2) is 82.3 Å². The number of fused-ring (bicyclic) bond motifs is 5. The highest BCUT2D eigenvalue weighted by Crippen LogP contribution is 2.52. The molecule has 564 valence electrons. The molecule has 5 rings (SSSR count). The number of carbonyl (C=O) groups is 7. The predicted octanol–water partition coefficient (Wildman–Crippen LogP) is 4.99. The average molecular weight is 1520 g/mol. The summed E-state index contributed by atoms with van der Waals surface area (Å²) in [6, 6.07) is 1.80. The zero-order chi connectivity index (χ0) is 75.0. The van der Waals surface area contributed by atoms with Gasteiger partial charge in [0.05, 0.1) is 28.4 Å². The lowest BCUT2D eigenvalue weighted by atomic mass is 9.75. The number of hydrogen-bond donors (Lipinski definition) is 10. The van der Waals surface area contributed by atoms with E-state index in [0.29, 0.717) is 125 Å².